The van der Waals surface area contributed by atoms with Crippen LogP contribution in [0.25, 0.3) is 0 Å². The highest BCUT2D eigenvalue weighted by Gasteiger charge is 2.20. The predicted molar refractivity (Wildman–Crippen MR) is 85.2 cm³/mol. The van der Waals surface area contributed by atoms with Gasteiger partial charge in [0.1, 0.15) is 11.9 Å². The molecule has 21 heavy (non-hydrogen) atoms. The number of aromatic nitrogens is 2. The van der Waals surface area contributed by atoms with Crippen molar-refractivity contribution >= 4 is 5.82 Å². The fourth-order valence-corrected chi connectivity index (χ4v) is 2.57. The van der Waals surface area contributed by atoms with Gasteiger partial charge in [0.25, 0.3) is 0 Å². The molecule has 0 spiro atoms. The third-order valence-electron chi connectivity index (χ3n) is 3.43. The molecule has 2 rings (SSSR count). The summed E-state index contributed by atoms with van der Waals surface area (Å²) in [5, 5.41) is 0. The third kappa shape index (κ3) is 3.39. The Kier molecular flexibility index (Phi) is 4.91. The Morgan fingerprint density at radius 1 is 1.14 bits per heavy atom. The van der Waals surface area contributed by atoms with Crippen LogP contribution in [0.15, 0.2) is 30.3 Å². The van der Waals surface area contributed by atoms with Crippen molar-refractivity contribution in [1.82, 2.24) is 9.97 Å². The molecule has 1 unspecified atom stereocenters. The average Bonchev–Trinajstić information content (AvgIpc) is 2.44. The molecule has 112 valence electrons. The van der Waals surface area contributed by atoms with Crippen LogP contribution in [0.1, 0.15) is 55.4 Å². The third-order valence-corrected chi connectivity index (χ3v) is 3.43. The Morgan fingerprint density at radius 3 is 2.33 bits per heavy atom. The molecule has 0 bridgehead atoms. The van der Waals surface area contributed by atoms with Gasteiger partial charge >= 0.3 is 0 Å². The molecule has 0 fully saturated rings. The summed E-state index contributed by atoms with van der Waals surface area (Å²) < 4.78 is 5.84. The Bertz CT molecular complexity index is 573. The minimum Gasteiger partial charge on any atom is -0.383 e. The lowest BCUT2D eigenvalue weighted by molar-refractivity contribution is 0.0850. The van der Waals surface area contributed by atoms with E-state index in [1.54, 1.807) is 0 Å². The zero-order chi connectivity index (χ0) is 15.4. The molecule has 0 amide bonds. The normalized spacial score (nSPS) is 12.6. The van der Waals surface area contributed by atoms with E-state index in [2.05, 4.69) is 23.8 Å². The molecule has 4 heteroatoms. The highest BCUT2D eigenvalue weighted by Crippen LogP contribution is 2.28. The first-order chi connectivity index (χ1) is 10.0. The SMILES string of the molecule is CCOC(c1ccccc1)c1nc(C)c(C(C)C)c(N)n1. The summed E-state index contributed by atoms with van der Waals surface area (Å²) in [6, 6.07) is 9.99. The van der Waals surface area contributed by atoms with E-state index in [9.17, 15) is 0 Å². The van der Waals surface area contributed by atoms with E-state index in [0.717, 1.165) is 16.8 Å². The number of rotatable bonds is 5. The molecule has 1 aromatic carbocycles. The summed E-state index contributed by atoms with van der Waals surface area (Å²) in [5.74, 6) is 1.48. The molecule has 1 atom stereocenters. The van der Waals surface area contributed by atoms with E-state index in [0.29, 0.717) is 24.2 Å². The minimum atomic E-state index is -0.279. The van der Waals surface area contributed by atoms with Crippen molar-refractivity contribution in [3.8, 4) is 0 Å². The highest BCUT2D eigenvalue weighted by molar-refractivity contribution is 5.44. The molecule has 1 aromatic heterocycles. The molecular formula is C17H23N3O. The number of hydrogen-bond donors (Lipinski definition) is 1. The maximum atomic E-state index is 6.13. The number of nitrogens with zero attached hydrogens (tertiary/aromatic N) is 2. The Balaban J connectivity index is 2.47. The van der Waals surface area contributed by atoms with Gasteiger partial charge in [0.2, 0.25) is 0 Å². The molecule has 0 aliphatic rings. The van der Waals surface area contributed by atoms with Crippen LogP contribution in [0.4, 0.5) is 5.82 Å². The topological polar surface area (TPSA) is 61.0 Å². The molecule has 0 aliphatic heterocycles. The Labute approximate surface area is 126 Å². The van der Waals surface area contributed by atoms with Crippen LogP contribution in [0.5, 0.6) is 0 Å². The standard InChI is InChI=1S/C17H23N3O/c1-5-21-15(13-9-7-6-8-10-13)17-19-12(4)14(11(2)3)16(18)20-17/h6-11,15H,5H2,1-4H3,(H2,18,19,20). The van der Waals surface area contributed by atoms with Gasteiger partial charge in [-0.3, -0.25) is 0 Å². The Morgan fingerprint density at radius 2 is 1.81 bits per heavy atom. The van der Waals surface area contributed by atoms with Gasteiger partial charge in [0.15, 0.2) is 5.82 Å². The quantitative estimate of drug-likeness (QED) is 0.911. The van der Waals surface area contributed by atoms with Crippen LogP contribution < -0.4 is 5.73 Å². The first kappa shape index (κ1) is 15.4. The van der Waals surface area contributed by atoms with Gasteiger partial charge in [-0.25, -0.2) is 9.97 Å². The smallest absolute Gasteiger partial charge is 0.164 e. The van der Waals surface area contributed by atoms with Crippen LogP contribution in [-0.2, 0) is 4.74 Å². The van der Waals surface area contributed by atoms with E-state index >= 15 is 0 Å². The number of nitrogens with two attached hydrogens (primary N) is 1. The number of ether oxygens (including phenoxy) is 1. The van der Waals surface area contributed by atoms with Crippen molar-refractivity contribution in [2.24, 2.45) is 0 Å². The van der Waals surface area contributed by atoms with Crippen molar-refractivity contribution in [3.63, 3.8) is 0 Å². The zero-order valence-electron chi connectivity index (χ0n) is 13.1. The van der Waals surface area contributed by atoms with Gasteiger partial charge in [-0.2, -0.15) is 0 Å². The monoisotopic (exact) mass is 285 g/mol. The van der Waals surface area contributed by atoms with Gasteiger partial charge < -0.3 is 10.5 Å². The van der Waals surface area contributed by atoms with Crippen molar-refractivity contribution in [3.05, 3.63) is 53.0 Å². The first-order valence-corrected chi connectivity index (χ1v) is 7.35. The second-order valence-electron chi connectivity index (χ2n) is 5.37. The number of benzene rings is 1. The second kappa shape index (κ2) is 6.68. The molecule has 1 heterocycles. The van der Waals surface area contributed by atoms with Gasteiger partial charge in [-0.05, 0) is 25.3 Å². The van der Waals surface area contributed by atoms with Crippen LogP contribution in [-0.4, -0.2) is 16.6 Å². The van der Waals surface area contributed by atoms with E-state index in [1.165, 1.54) is 0 Å². The number of anilines is 1. The minimum absolute atomic E-state index is 0.279. The van der Waals surface area contributed by atoms with Gasteiger partial charge in [-0.15, -0.1) is 0 Å². The van der Waals surface area contributed by atoms with E-state index in [-0.39, 0.29) is 6.10 Å². The summed E-state index contributed by atoms with van der Waals surface area (Å²) in [6.07, 6.45) is -0.279. The number of nitrogen functional groups attached to an aromatic ring is 1. The summed E-state index contributed by atoms with van der Waals surface area (Å²) in [4.78, 5) is 9.13. The van der Waals surface area contributed by atoms with Crippen LogP contribution in [0.2, 0.25) is 0 Å². The molecule has 0 aliphatic carbocycles. The number of hydrogen-bond acceptors (Lipinski definition) is 4. The molecule has 2 N–H and O–H groups in total. The summed E-state index contributed by atoms with van der Waals surface area (Å²) in [5.41, 5.74) is 9.11. The lowest BCUT2D eigenvalue weighted by atomic mass is 10.0. The lowest BCUT2D eigenvalue weighted by Gasteiger charge is -2.19. The van der Waals surface area contributed by atoms with Gasteiger partial charge in [0, 0.05) is 17.9 Å². The molecular weight excluding hydrogens is 262 g/mol. The molecule has 0 saturated heterocycles. The number of aryl methyl sites for hydroxylation is 1. The van der Waals surface area contributed by atoms with E-state index < -0.39 is 0 Å². The summed E-state index contributed by atoms with van der Waals surface area (Å²) >= 11 is 0. The van der Waals surface area contributed by atoms with Crippen molar-refractivity contribution < 1.29 is 4.74 Å². The molecule has 0 saturated carbocycles. The average molecular weight is 285 g/mol. The molecule has 0 radical (unpaired) electrons. The van der Waals surface area contributed by atoms with Crippen molar-refractivity contribution in [1.29, 1.82) is 0 Å². The van der Waals surface area contributed by atoms with Crippen LogP contribution >= 0.6 is 0 Å². The molecule has 2 aromatic rings. The Hall–Kier alpha value is -1.94. The van der Waals surface area contributed by atoms with E-state index in [1.807, 2.05) is 44.2 Å². The lowest BCUT2D eigenvalue weighted by Crippen LogP contribution is -2.15. The maximum absolute atomic E-state index is 6.13. The van der Waals surface area contributed by atoms with Gasteiger partial charge in [0.05, 0.1) is 0 Å². The van der Waals surface area contributed by atoms with Gasteiger partial charge in [-0.1, -0.05) is 44.2 Å². The first-order valence-electron chi connectivity index (χ1n) is 7.35. The van der Waals surface area contributed by atoms with Crippen LogP contribution in [0.3, 0.4) is 0 Å². The maximum Gasteiger partial charge on any atom is 0.164 e. The van der Waals surface area contributed by atoms with Crippen molar-refractivity contribution in [2.45, 2.75) is 39.7 Å². The zero-order valence-corrected chi connectivity index (χ0v) is 13.1. The highest BCUT2D eigenvalue weighted by atomic mass is 16.5. The fourth-order valence-electron chi connectivity index (χ4n) is 2.57. The summed E-state index contributed by atoms with van der Waals surface area (Å²) in [7, 11) is 0. The summed E-state index contributed by atoms with van der Waals surface area (Å²) in [6.45, 7) is 8.73. The molecule has 4 nitrogen and oxygen atoms in total. The fraction of sp³-hybridized carbons (Fsp3) is 0.412. The second-order valence-corrected chi connectivity index (χ2v) is 5.37. The van der Waals surface area contributed by atoms with Crippen molar-refractivity contribution in [2.75, 3.05) is 12.3 Å². The van der Waals surface area contributed by atoms with E-state index in [4.69, 9.17) is 10.5 Å². The van der Waals surface area contributed by atoms with Crippen LogP contribution in [0, 0.1) is 6.92 Å². The largest absolute Gasteiger partial charge is 0.383 e. The predicted octanol–water partition coefficient (Wildman–Crippen LogP) is 3.62.